The molecular formula is C20H34N12O5S. The number of nitrogen functional groups attached to an aromatic ring is 1. The molecule has 38 heavy (non-hydrogen) atoms. The Morgan fingerprint density at radius 3 is 2.26 bits per heavy atom. The maximum Gasteiger partial charge on any atom is 0.283 e. The van der Waals surface area contributed by atoms with Gasteiger partial charge in [0.25, 0.3) is 10.1 Å². The van der Waals surface area contributed by atoms with E-state index in [1.54, 1.807) is 10.9 Å². The number of anilines is 4. The molecule has 1 atom stereocenters. The van der Waals surface area contributed by atoms with Crippen LogP contribution in [0.25, 0.3) is 11.2 Å². The predicted molar refractivity (Wildman–Crippen MR) is 141 cm³/mol. The Balaban J connectivity index is 1.50. The summed E-state index contributed by atoms with van der Waals surface area (Å²) in [5, 5.41) is 29.8. The zero-order valence-corrected chi connectivity index (χ0v) is 21.6. The molecule has 3 aromatic heterocycles. The zero-order chi connectivity index (χ0) is 27.4. The van der Waals surface area contributed by atoms with E-state index in [-0.39, 0.29) is 24.5 Å². The molecule has 3 rings (SSSR count). The van der Waals surface area contributed by atoms with Gasteiger partial charge in [-0.15, -0.1) is 0 Å². The number of nitrogens with one attached hydrogen (secondary N) is 4. The summed E-state index contributed by atoms with van der Waals surface area (Å²) in [7, 11) is -4.28. The Morgan fingerprint density at radius 2 is 1.58 bits per heavy atom. The summed E-state index contributed by atoms with van der Waals surface area (Å²) in [5.74, 6) is -0.0310. The number of fused-ring (bicyclic) bond motifs is 1. The van der Waals surface area contributed by atoms with E-state index in [1.807, 2.05) is 0 Å². The quantitative estimate of drug-likeness (QED) is 0.0684. The van der Waals surface area contributed by atoms with Crippen molar-refractivity contribution in [1.29, 1.82) is 0 Å². The Bertz CT molecular complexity index is 1260. The summed E-state index contributed by atoms with van der Waals surface area (Å²) >= 11 is 0. The van der Waals surface area contributed by atoms with Crippen LogP contribution in [0.4, 0.5) is 23.7 Å². The molecule has 1 unspecified atom stereocenters. The molecule has 0 aliphatic rings. The van der Waals surface area contributed by atoms with E-state index in [4.69, 9.17) is 15.4 Å². The van der Waals surface area contributed by atoms with Gasteiger partial charge in [0, 0.05) is 26.2 Å². The fraction of sp³-hybridized carbons (Fsp3) is 0.600. The molecule has 3 heterocycles. The summed E-state index contributed by atoms with van der Waals surface area (Å²) in [6.45, 7) is 2.30. The highest BCUT2D eigenvalue weighted by molar-refractivity contribution is 7.85. The van der Waals surface area contributed by atoms with E-state index < -0.39 is 22.1 Å². The fourth-order valence-electron chi connectivity index (χ4n) is 3.38. The number of hydrogen-bond donors (Lipinski definition) is 8. The van der Waals surface area contributed by atoms with Crippen LogP contribution in [0.15, 0.2) is 12.7 Å². The fourth-order valence-corrected chi connectivity index (χ4v) is 3.69. The van der Waals surface area contributed by atoms with Crippen LogP contribution in [0.5, 0.6) is 0 Å². The van der Waals surface area contributed by atoms with Gasteiger partial charge in [-0.3, -0.25) is 4.55 Å². The van der Waals surface area contributed by atoms with Crippen molar-refractivity contribution in [2.45, 2.75) is 38.3 Å². The van der Waals surface area contributed by atoms with Crippen molar-refractivity contribution in [1.82, 2.24) is 39.8 Å². The number of aromatic nitrogens is 7. The average Bonchev–Trinajstić information content (AvgIpc) is 3.30. The van der Waals surface area contributed by atoms with Crippen molar-refractivity contribution in [2.24, 2.45) is 0 Å². The van der Waals surface area contributed by atoms with Crippen LogP contribution in [-0.2, 0) is 16.7 Å². The van der Waals surface area contributed by atoms with E-state index in [0.717, 1.165) is 32.2 Å². The van der Waals surface area contributed by atoms with Gasteiger partial charge in [-0.1, -0.05) is 12.8 Å². The molecule has 0 fully saturated rings. The number of aliphatic hydroxyl groups excluding tert-OH is 2. The Kier molecular flexibility index (Phi) is 11.1. The van der Waals surface area contributed by atoms with Crippen LogP contribution in [0.3, 0.4) is 0 Å². The predicted octanol–water partition coefficient (Wildman–Crippen LogP) is -1.12. The summed E-state index contributed by atoms with van der Waals surface area (Å²) in [6.07, 6.45) is 5.94. The second kappa shape index (κ2) is 14.5. The lowest BCUT2D eigenvalue weighted by Crippen LogP contribution is -2.29. The van der Waals surface area contributed by atoms with E-state index in [9.17, 15) is 13.5 Å². The molecule has 210 valence electrons. The highest BCUT2D eigenvalue weighted by atomic mass is 32.2. The lowest BCUT2D eigenvalue weighted by molar-refractivity contribution is 0.0945. The van der Waals surface area contributed by atoms with Crippen LogP contribution in [0.2, 0.25) is 0 Å². The minimum atomic E-state index is -4.28. The smallest absolute Gasteiger partial charge is 0.283 e. The molecule has 0 aliphatic heterocycles. The Morgan fingerprint density at radius 1 is 0.921 bits per heavy atom. The summed E-state index contributed by atoms with van der Waals surface area (Å²) in [6, 6.07) is 0. The standard InChI is InChI=1S/C20H34N12O5S/c21-16-15-17(26-11-25-16)32(12-27-15)8-7-24-19-29-18(30-20(31-19)28-13-38(35,36)37)23-6-4-2-1-3-5-22-9-14(34)10-33/h11-12,14,22,33-34H,1-10,13H2,(H2,21,25,26)(H,35,36,37)(H3,23,24,28,29,30,31). The lowest BCUT2D eigenvalue weighted by atomic mass is 10.2. The summed E-state index contributed by atoms with van der Waals surface area (Å²) in [4.78, 5) is 25.0. The number of nitrogens with zero attached hydrogens (tertiary/aromatic N) is 7. The van der Waals surface area contributed by atoms with Crippen molar-refractivity contribution in [3.05, 3.63) is 12.7 Å². The maximum absolute atomic E-state index is 11.1. The van der Waals surface area contributed by atoms with Crippen molar-refractivity contribution in [3.63, 3.8) is 0 Å². The number of unbranched alkanes of at least 4 members (excludes halogenated alkanes) is 3. The van der Waals surface area contributed by atoms with Gasteiger partial charge >= 0.3 is 0 Å². The second-order valence-electron chi connectivity index (χ2n) is 8.39. The molecule has 17 nitrogen and oxygen atoms in total. The molecule has 0 spiro atoms. The SMILES string of the molecule is Nc1ncnc2c1ncn2CCNc1nc(NCCCCCCNCC(O)CO)nc(NCS(=O)(=O)O)n1. The minimum Gasteiger partial charge on any atom is -0.394 e. The van der Waals surface area contributed by atoms with E-state index in [2.05, 4.69) is 51.2 Å². The molecule has 3 aromatic rings. The van der Waals surface area contributed by atoms with Crippen LogP contribution in [-0.4, -0.2) is 102 Å². The summed E-state index contributed by atoms with van der Waals surface area (Å²) in [5.41, 5.74) is 6.92. The number of rotatable bonds is 18. The van der Waals surface area contributed by atoms with E-state index in [0.29, 0.717) is 43.2 Å². The van der Waals surface area contributed by atoms with Gasteiger partial charge in [-0.2, -0.15) is 23.4 Å². The molecule has 0 aliphatic carbocycles. The second-order valence-corrected chi connectivity index (χ2v) is 9.84. The first-order valence-corrected chi connectivity index (χ1v) is 13.7. The van der Waals surface area contributed by atoms with Gasteiger partial charge in [0.2, 0.25) is 17.8 Å². The van der Waals surface area contributed by atoms with Crippen molar-refractivity contribution in [2.75, 3.05) is 60.3 Å². The van der Waals surface area contributed by atoms with Crippen molar-refractivity contribution < 1.29 is 23.2 Å². The van der Waals surface area contributed by atoms with Gasteiger partial charge in [-0.05, 0) is 19.4 Å². The number of hydrogen-bond acceptors (Lipinski definition) is 15. The largest absolute Gasteiger partial charge is 0.394 e. The average molecular weight is 555 g/mol. The van der Waals surface area contributed by atoms with Gasteiger partial charge in [0.1, 0.15) is 17.7 Å². The Hall–Kier alpha value is -3.45. The van der Waals surface area contributed by atoms with E-state index in [1.165, 1.54) is 6.33 Å². The van der Waals surface area contributed by atoms with Gasteiger partial charge in [-0.25, -0.2) is 15.0 Å². The molecule has 0 aromatic carbocycles. The van der Waals surface area contributed by atoms with Crippen LogP contribution in [0, 0.1) is 0 Å². The minimum absolute atomic E-state index is 0.0210. The highest BCUT2D eigenvalue weighted by Gasteiger charge is 2.11. The molecule has 0 bridgehead atoms. The molecule has 0 saturated carbocycles. The number of aliphatic hydroxyl groups is 2. The topological polar surface area (TPSA) is 251 Å². The maximum atomic E-state index is 11.1. The van der Waals surface area contributed by atoms with Crippen LogP contribution >= 0.6 is 0 Å². The third kappa shape index (κ3) is 9.78. The lowest BCUT2D eigenvalue weighted by Gasteiger charge is -2.11. The molecule has 18 heteroatoms. The molecule has 0 saturated heterocycles. The van der Waals surface area contributed by atoms with Crippen molar-refractivity contribution >= 4 is 44.9 Å². The third-order valence-electron chi connectivity index (χ3n) is 5.27. The van der Waals surface area contributed by atoms with E-state index >= 15 is 0 Å². The van der Waals surface area contributed by atoms with Crippen LogP contribution < -0.4 is 27.0 Å². The monoisotopic (exact) mass is 554 g/mol. The molecule has 0 radical (unpaired) electrons. The first kappa shape index (κ1) is 29.1. The zero-order valence-electron chi connectivity index (χ0n) is 20.8. The molecular weight excluding hydrogens is 520 g/mol. The normalized spacial score (nSPS) is 12.5. The highest BCUT2D eigenvalue weighted by Crippen LogP contribution is 2.14. The first-order chi connectivity index (χ1) is 18.2. The van der Waals surface area contributed by atoms with Crippen molar-refractivity contribution in [3.8, 4) is 0 Å². The first-order valence-electron chi connectivity index (χ1n) is 12.1. The van der Waals surface area contributed by atoms with Gasteiger partial charge < -0.3 is 41.8 Å². The van der Waals surface area contributed by atoms with Crippen LogP contribution in [0.1, 0.15) is 25.7 Å². The Labute approximate surface area is 219 Å². The number of nitrogens with two attached hydrogens (primary N) is 1. The van der Waals surface area contributed by atoms with Gasteiger partial charge in [0.15, 0.2) is 11.5 Å². The number of imidazole rings is 1. The molecule has 0 amide bonds. The summed E-state index contributed by atoms with van der Waals surface area (Å²) < 4.78 is 33.1. The van der Waals surface area contributed by atoms with Gasteiger partial charge in [0.05, 0.1) is 19.0 Å². The molecule has 9 N–H and O–H groups in total. The third-order valence-corrected chi connectivity index (χ3v) is 5.78.